The van der Waals surface area contributed by atoms with Crippen LogP contribution in [-0.2, 0) is 4.74 Å². The molecule has 7 heteroatoms. The number of hydrogen-bond acceptors (Lipinski definition) is 5. The van der Waals surface area contributed by atoms with Gasteiger partial charge in [0.1, 0.15) is 10.8 Å². The van der Waals surface area contributed by atoms with Crippen LogP contribution in [-0.4, -0.2) is 25.3 Å². The van der Waals surface area contributed by atoms with Crippen LogP contribution < -0.4 is 15.4 Å². The zero-order valence-corrected chi connectivity index (χ0v) is 18.0. The number of anilines is 1. The lowest BCUT2D eigenvalue weighted by Gasteiger charge is -2.17. The number of thiocarbonyl (C=S) groups is 1. The number of rotatable bonds is 6. The summed E-state index contributed by atoms with van der Waals surface area (Å²) in [5.74, 6) is 0.397. The van der Waals surface area contributed by atoms with Gasteiger partial charge in [-0.1, -0.05) is 42.5 Å². The number of ether oxygens (including phenoxy) is 2. The van der Waals surface area contributed by atoms with E-state index in [-0.39, 0.29) is 6.04 Å². The highest BCUT2D eigenvalue weighted by Crippen LogP contribution is 2.36. The summed E-state index contributed by atoms with van der Waals surface area (Å²) in [6.07, 6.45) is 0. The summed E-state index contributed by atoms with van der Waals surface area (Å²) in [7, 11) is 3.01. The fourth-order valence-corrected chi connectivity index (χ4v) is 4.20. The van der Waals surface area contributed by atoms with Crippen LogP contribution in [0, 0.1) is 0 Å². The molecule has 2 aromatic carbocycles. The molecule has 0 aliphatic carbocycles. The van der Waals surface area contributed by atoms with Crippen LogP contribution in [0.4, 0.5) is 5.00 Å². The normalized spacial score (nSPS) is 11.4. The SMILES string of the molecule is COC(=O)c1cc(-c2ccccc2)sc1NC(=S)NC(C)c1ccc(OC)cc1. The third-order valence-electron chi connectivity index (χ3n) is 4.39. The minimum Gasteiger partial charge on any atom is -0.497 e. The number of hydrogen-bond donors (Lipinski definition) is 2. The fraction of sp³-hybridized carbons (Fsp3) is 0.182. The summed E-state index contributed by atoms with van der Waals surface area (Å²) in [6, 6.07) is 19.5. The van der Waals surface area contributed by atoms with Crippen molar-refractivity contribution in [2.75, 3.05) is 19.5 Å². The van der Waals surface area contributed by atoms with Crippen molar-refractivity contribution in [2.24, 2.45) is 0 Å². The van der Waals surface area contributed by atoms with Crippen molar-refractivity contribution in [3.8, 4) is 16.2 Å². The molecule has 150 valence electrons. The summed E-state index contributed by atoms with van der Waals surface area (Å²) < 4.78 is 10.1. The molecule has 0 spiro atoms. The Morgan fingerprint density at radius 2 is 1.76 bits per heavy atom. The molecule has 5 nitrogen and oxygen atoms in total. The van der Waals surface area contributed by atoms with Crippen LogP contribution in [0.15, 0.2) is 60.7 Å². The fourth-order valence-electron chi connectivity index (χ4n) is 2.80. The maximum atomic E-state index is 12.2. The Bertz CT molecular complexity index is 985. The molecule has 1 atom stereocenters. The summed E-state index contributed by atoms with van der Waals surface area (Å²) in [4.78, 5) is 13.2. The van der Waals surface area contributed by atoms with Gasteiger partial charge in [0, 0.05) is 4.88 Å². The Kier molecular flexibility index (Phi) is 6.85. The molecular weight excluding hydrogens is 404 g/mol. The summed E-state index contributed by atoms with van der Waals surface area (Å²) in [6.45, 7) is 2.01. The average Bonchev–Trinajstić information content (AvgIpc) is 3.17. The van der Waals surface area contributed by atoms with Crippen LogP contribution in [0.1, 0.15) is 28.9 Å². The molecule has 2 N–H and O–H groups in total. The third kappa shape index (κ3) is 5.13. The van der Waals surface area contributed by atoms with E-state index >= 15 is 0 Å². The Hall–Kier alpha value is -2.90. The molecule has 3 rings (SSSR count). The minimum atomic E-state index is -0.406. The average molecular weight is 427 g/mol. The molecule has 0 saturated heterocycles. The predicted octanol–water partition coefficient (Wildman–Crippen LogP) is 5.26. The van der Waals surface area contributed by atoms with Crippen molar-refractivity contribution >= 4 is 39.6 Å². The first-order valence-electron chi connectivity index (χ1n) is 9.01. The molecule has 1 heterocycles. The number of methoxy groups -OCH3 is 2. The molecule has 0 amide bonds. The zero-order chi connectivity index (χ0) is 20.8. The van der Waals surface area contributed by atoms with Crippen molar-refractivity contribution in [1.82, 2.24) is 5.32 Å². The van der Waals surface area contributed by atoms with Crippen LogP contribution in [0.2, 0.25) is 0 Å². The first-order chi connectivity index (χ1) is 14.0. The quantitative estimate of drug-likeness (QED) is 0.414. The lowest BCUT2D eigenvalue weighted by Crippen LogP contribution is -2.31. The van der Waals surface area contributed by atoms with E-state index in [0.717, 1.165) is 21.8 Å². The molecule has 3 aromatic rings. The van der Waals surface area contributed by atoms with Gasteiger partial charge in [-0.3, -0.25) is 0 Å². The van der Waals surface area contributed by atoms with Gasteiger partial charge in [0.25, 0.3) is 0 Å². The maximum Gasteiger partial charge on any atom is 0.340 e. The second-order valence-corrected chi connectivity index (χ2v) is 7.76. The molecule has 1 aromatic heterocycles. The number of benzene rings is 2. The zero-order valence-electron chi connectivity index (χ0n) is 16.4. The molecule has 0 aliphatic rings. The van der Waals surface area contributed by atoms with E-state index in [0.29, 0.717) is 15.7 Å². The summed E-state index contributed by atoms with van der Waals surface area (Å²) in [5.41, 5.74) is 2.55. The van der Waals surface area contributed by atoms with Gasteiger partial charge < -0.3 is 20.1 Å². The van der Waals surface area contributed by atoms with E-state index in [1.807, 2.05) is 67.6 Å². The second-order valence-electron chi connectivity index (χ2n) is 6.30. The van der Waals surface area contributed by atoms with Gasteiger partial charge in [-0.2, -0.15) is 0 Å². The summed E-state index contributed by atoms with van der Waals surface area (Å²) in [5, 5.41) is 7.48. The largest absolute Gasteiger partial charge is 0.497 e. The number of carbonyl (C=O) groups is 1. The van der Waals surface area contributed by atoms with Crippen LogP contribution in [0.25, 0.3) is 10.4 Å². The summed E-state index contributed by atoms with van der Waals surface area (Å²) >= 11 is 6.93. The third-order valence-corrected chi connectivity index (χ3v) is 5.71. The van der Waals surface area contributed by atoms with Crippen molar-refractivity contribution in [3.05, 3.63) is 71.8 Å². The highest BCUT2D eigenvalue weighted by molar-refractivity contribution is 7.80. The van der Waals surface area contributed by atoms with Gasteiger partial charge >= 0.3 is 5.97 Å². The number of thiophene rings is 1. The van der Waals surface area contributed by atoms with E-state index in [2.05, 4.69) is 10.6 Å². The highest BCUT2D eigenvalue weighted by Gasteiger charge is 2.19. The van der Waals surface area contributed by atoms with Crippen molar-refractivity contribution in [1.29, 1.82) is 0 Å². The molecule has 0 bridgehead atoms. The number of esters is 1. The monoisotopic (exact) mass is 426 g/mol. The van der Waals surface area contributed by atoms with Gasteiger partial charge in [-0.05, 0) is 48.5 Å². The topological polar surface area (TPSA) is 59.6 Å². The molecule has 1 unspecified atom stereocenters. The van der Waals surface area contributed by atoms with Crippen molar-refractivity contribution in [3.63, 3.8) is 0 Å². The second kappa shape index (κ2) is 9.54. The van der Waals surface area contributed by atoms with E-state index in [4.69, 9.17) is 21.7 Å². The smallest absolute Gasteiger partial charge is 0.340 e. The lowest BCUT2D eigenvalue weighted by atomic mass is 10.1. The van der Waals surface area contributed by atoms with E-state index in [1.54, 1.807) is 7.11 Å². The standard InChI is InChI=1S/C22H22N2O3S2/c1-14(15-9-11-17(26-2)12-10-15)23-22(28)24-20-18(21(25)27-3)13-19(29-20)16-7-5-4-6-8-16/h4-14H,1-3H3,(H2,23,24,28). The first kappa shape index (κ1) is 20.8. The van der Waals surface area contributed by atoms with E-state index in [9.17, 15) is 4.79 Å². The molecule has 0 saturated carbocycles. The van der Waals surface area contributed by atoms with Crippen LogP contribution >= 0.6 is 23.6 Å². The molecule has 29 heavy (non-hydrogen) atoms. The minimum absolute atomic E-state index is 0.0176. The molecular formula is C22H22N2O3S2. The van der Waals surface area contributed by atoms with Crippen LogP contribution in [0.3, 0.4) is 0 Å². The lowest BCUT2D eigenvalue weighted by molar-refractivity contribution is 0.0602. The predicted molar refractivity (Wildman–Crippen MR) is 122 cm³/mol. The van der Waals surface area contributed by atoms with Gasteiger partial charge in [0.2, 0.25) is 0 Å². The van der Waals surface area contributed by atoms with Crippen molar-refractivity contribution < 1.29 is 14.3 Å². The van der Waals surface area contributed by atoms with Gasteiger partial charge in [-0.15, -0.1) is 11.3 Å². The Morgan fingerprint density at radius 3 is 2.38 bits per heavy atom. The van der Waals surface area contributed by atoms with Gasteiger partial charge in [0.15, 0.2) is 5.11 Å². The number of carbonyl (C=O) groups excluding carboxylic acids is 1. The van der Waals surface area contributed by atoms with E-state index < -0.39 is 5.97 Å². The van der Waals surface area contributed by atoms with Gasteiger partial charge in [0.05, 0.1) is 25.8 Å². The molecule has 0 aliphatic heterocycles. The van der Waals surface area contributed by atoms with Crippen molar-refractivity contribution in [2.45, 2.75) is 13.0 Å². The Labute approximate surface area is 179 Å². The molecule has 0 fully saturated rings. The molecule has 0 radical (unpaired) electrons. The van der Waals surface area contributed by atoms with E-state index in [1.165, 1.54) is 18.4 Å². The Morgan fingerprint density at radius 1 is 1.07 bits per heavy atom. The highest BCUT2D eigenvalue weighted by atomic mass is 32.1. The van der Waals surface area contributed by atoms with Crippen LogP contribution in [0.5, 0.6) is 5.75 Å². The maximum absolute atomic E-state index is 12.2. The number of nitrogens with one attached hydrogen (secondary N) is 2. The first-order valence-corrected chi connectivity index (χ1v) is 10.2. The Balaban J connectivity index is 1.76. The van der Waals surface area contributed by atoms with Gasteiger partial charge in [-0.25, -0.2) is 4.79 Å².